The van der Waals surface area contributed by atoms with Gasteiger partial charge in [-0.15, -0.1) is 0 Å². The molecular formula is C13H13N3O2. The summed E-state index contributed by atoms with van der Waals surface area (Å²) >= 11 is 0. The maximum atomic E-state index is 5.65. The van der Waals surface area contributed by atoms with E-state index in [0.29, 0.717) is 17.4 Å². The number of fused-ring (bicyclic) bond motifs is 1. The van der Waals surface area contributed by atoms with Crippen LogP contribution in [0.15, 0.2) is 28.7 Å². The van der Waals surface area contributed by atoms with E-state index in [-0.39, 0.29) is 0 Å². The van der Waals surface area contributed by atoms with E-state index in [1.165, 1.54) is 0 Å². The molecule has 92 valence electrons. The van der Waals surface area contributed by atoms with Gasteiger partial charge in [0.05, 0.1) is 12.6 Å². The van der Waals surface area contributed by atoms with Crippen LogP contribution < -0.4 is 4.74 Å². The van der Waals surface area contributed by atoms with Gasteiger partial charge in [-0.2, -0.15) is 4.98 Å². The molecule has 0 aliphatic rings. The quantitative estimate of drug-likeness (QED) is 0.768. The number of ether oxygens (including phenoxy) is 1. The summed E-state index contributed by atoms with van der Waals surface area (Å²) in [6, 6.07) is 7.55. The van der Waals surface area contributed by atoms with Crippen LogP contribution in [0, 0.1) is 0 Å². The third-order valence-electron chi connectivity index (χ3n) is 2.77. The first-order valence-corrected chi connectivity index (χ1v) is 5.80. The summed E-state index contributed by atoms with van der Waals surface area (Å²) in [7, 11) is 1.59. The van der Waals surface area contributed by atoms with Crippen molar-refractivity contribution in [3.63, 3.8) is 0 Å². The first kappa shape index (κ1) is 10.8. The van der Waals surface area contributed by atoms with Crippen molar-refractivity contribution >= 4 is 11.2 Å². The monoisotopic (exact) mass is 243 g/mol. The van der Waals surface area contributed by atoms with Gasteiger partial charge in [-0.05, 0) is 18.2 Å². The second-order valence-corrected chi connectivity index (χ2v) is 3.93. The molecule has 0 fully saturated rings. The smallest absolute Gasteiger partial charge is 0.215 e. The fraction of sp³-hybridized carbons (Fsp3) is 0.231. The lowest BCUT2D eigenvalue weighted by Gasteiger charge is -1.95. The van der Waals surface area contributed by atoms with Gasteiger partial charge in [0.1, 0.15) is 5.76 Å². The van der Waals surface area contributed by atoms with E-state index in [4.69, 9.17) is 9.15 Å². The zero-order chi connectivity index (χ0) is 12.5. The fourth-order valence-corrected chi connectivity index (χ4v) is 1.80. The molecule has 0 aliphatic heterocycles. The summed E-state index contributed by atoms with van der Waals surface area (Å²) in [5.74, 6) is 2.90. The topological polar surface area (TPSA) is 63.9 Å². The van der Waals surface area contributed by atoms with Crippen molar-refractivity contribution in [2.45, 2.75) is 13.3 Å². The van der Waals surface area contributed by atoms with Gasteiger partial charge in [0.25, 0.3) is 0 Å². The molecular weight excluding hydrogens is 230 g/mol. The first-order chi connectivity index (χ1) is 8.80. The summed E-state index contributed by atoms with van der Waals surface area (Å²) in [6.45, 7) is 2.05. The van der Waals surface area contributed by atoms with Crippen molar-refractivity contribution in [2.24, 2.45) is 0 Å². The number of aromatic amines is 1. The van der Waals surface area contributed by atoms with Crippen LogP contribution in [0.3, 0.4) is 0 Å². The number of hydrogen-bond donors (Lipinski definition) is 1. The molecule has 18 heavy (non-hydrogen) atoms. The van der Waals surface area contributed by atoms with Crippen LogP contribution in [0.5, 0.6) is 5.88 Å². The lowest BCUT2D eigenvalue weighted by molar-refractivity contribution is 0.399. The molecule has 0 unspecified atom stereocenters. The average molecular weight is 243 g/mol. The summed E-state index contributed by atoms with van der Waals surface area (Å²) in [6.07, 6.45) is 0.867. The van der Waals surface area contributed by atoms with Crippen LogP contribution in [0.1, 0.15) is 12.7 Å². The van der Waals surface area contributed by atoms with Crippen molar-refractivity contribution in [1.29, 1.82) is 0 Å². The zero-order valence-electron chi connectivity index (χ0n) is 10.2. The van der Waals surface area contributed by atoms with E-state index in [1.807, 2.05) is 25.1 Å². The molecule has 5 heteroatoms. The fourth-order valence-electron chi connectivity index (χ4n) is 1.80. The Kier molecular flexibility index (Phi) is 2.51. The van der Waals surface area contributed by atoms with E-state index >= 15 is 0 Å². The summed E-state index contributed by atoms with van der Waals surface area (Å²) in [5, 5.41) is 0. The van der Waals surface area contributed by atoms with Gasteiger partial charge in [-0.25, -0.2) is 4.98 Å². The van der Waals surface area contributed by atoms with Crippen molar-refractivity contribution in [3.05, 3.63) is 30.0 Å². The zero-order valence-corrected chi connectivity index (χ0v) is 10.2. The van der Waals surface area contributed by atoms with E-state index < -0.39 is 0 Å². The number of aromatic nitrogens is 3. The number of imidazole rings is 1. The predicted octanol–water partition coefficient (Wildman–Crippen LogP) is 2.79. The Morgan fingerprint density at radius 3 is 2.83 bits per heavy atom. The van der Waals surface area contributed by atoms with Crippen molar-refractivity contribution in [1.82, 2.24) is 15.0 Å². The Bertz CT molecular complexity index is 684. The highest BCUT2D eigenvalue weighted by Gasteiger charge is 2.10. The van der Waals surface area contributed by atoms with Crippen molar-refractivity contribution in [2.75, 3.05) is 7.11 Å². The number of rotatable bonds is 3. The van der Waals surface area contributed by atoms with Crippen LogP contribution >= 0.6 is 0 Å². The largest absolute Gasteiger partial charge is 0.481 e. The maximum Gasteiger partial charge on any atom is 0.215 e. The normalized spacial score (nSPS) is 11.0. The number of aryl methyl sites for hydroxylation is 1. The number of methoxy groups -OCH3 is 1. The molecule has 0 spiro atoms. The molecule has 0 saturated heterocycles. The molecule has 0 amide bonds. The predicted molar refractivity (Wildman–Crippen MR) is 67.5 cm³/mol. The third kappa shape index (κ3) is 1.73. The minimum Gasteiger partial charge on any atom is -0.481 e. The Morgan fingerprint density at radius 1 is 1.22 bits per heavy atom. The minimum absolute atomic E-state index is 0.550. The minimum atomic E-state index is 0.550. The van der Waals surface area contributed by atoms with E-state index in [9.17, 15) is 0 Å². The van der Waals surface area contributed by atoms with Crippen LogP contribution in [-0.4, -0.2) is 22.1 Å². The summed E-state index contributed by atoms with van der Waals surface area (Å²) in [5.41, 5.74) is 1.49. The summed E-state index contributed by atoms with van der Waals surface area (Å²) < 4.78 is 10.7. The second-order valence-electron chi connectivity index (χ2n) is 3.93. The highest BCUT2D eigenvalue weighted by atomic mass is 16.5. The van der Waals surface area contributed by atoms with E-state index in [1.54, 1.807) is 13.2 Å². The maximum absolute atomic E-state index is 5.65. The first-order valence-electron chi connectivity index (χ1n) is 5.80. The van der Waals surface area contributed by atoms with Gasteiger partial charge in [0.15, 0.2) is 17.2 Å². The third-order valence-corrected chi connectivity index (χ3v) is 2.77. The number of H-pyrrole nitrogens is 1. The van der Waals surface area contributed by atoms with Crippen molar-refractivity contribution < 1.29 is 9.15 Å². The van der Waals surface area contributed by atoms with E-state index in [0.717, 1.165) is 23.5 Å². The molecule has 1 N–H and O–H groups in total. The summed E-state index contributed by atoms with van der Waals surface area (Å²) in [4.78, 5) is 11.8. The number of pyridine rings is 1. The number of furan rings is 1. The molecule has 0 aromatic carbocycles. The Balaban J connectivity index is 2.07. The standard InChI is InChI=1S/C13H13N3O2/c1-3-8-4-6-10(18-8)13-14-9-5-7-11(17-2)15-12(9)16-13/h4-7H,3H2,1-2H3,(H,14,15,16). The number of nitrogens with zero attached hydrogens (tertiary/aromatic N) is 2. The van der Waals surface area contributed by atoms with Crippen molar-refractivity contribution in [3.8, 4) is 17.5 Å². The Hall–Kier alpha value is -2.30. The van der Waals surface area contributed by atoms with Crippen LogP contribution in [0.2, 0.25) is 0 Å². The van der Waals surface area contributed by atoms with Crippen LogP contribution in [-0.2, 0) is 6.42 Å². The van der Waals surface area contributed by atoms with Gasteiger partial charge >= 0.3 is 0 Å². The average Bonchev–Trinajstić information content (AvgIpc) is 3.03. The molecule has 3 heterocycles. The molecule has 0 radical (unpaired) electrons. The second kappa shape index (κ2) is 4.18. The molecule has 5 nitrogen and oxygen atoms in total. The van der Waals surface area contributed by atoms with Gasteiger partial charge in [-0.3, -0.25) is 0 Å². The van der Waals surface area contributed by atoms with Crippen LogP contribution in [0.4, 0.5) is 0 Å². The molecule has 3 aromatic rings. The van der Waals surface area contributed by atoms with Gasteiger partial charge < -0.3 is 14.1 Å². The molecule has 0 atom stereocenters. The van der Waals surface area contributed by atoms with E-state index in [2.05, 4.69) is 15.0 Å². The highest BCUT2D eigenvalue weighted by Crippen LogP contribution is 2.23. The van der Waals surface area contributed by atoms with Crippen LogP contribution in [0.25, 0.3) is 22.7 Å². The number of nitrogens with one attached hydrogen (secondary N) is 1. The van der Waals surface area contributed by atoms with Gasteiger partial charge in [0.2, 0.25) is 5.88 Å². The Labute approximate surface area is 104 Å². The Morgan fingerprint density at radius 2 is 2.11 bits per heavy atom. The number of hydrogen-bond acceptors (Lipinski definition) is 4. The molecule has 0 bridgehead atoms. The highest BCUT2D eigenvalue weighted by molar-refractivity contribution is 5.75. The van der Waals surface area contributed by atoms with Gasteiger partial charge in [0, 0.05) is 12.5 Å². The molecule has 0 aliphatic carbocycles. The molecule has 0 saturated carbocycles. The molecule has 3 aromatic heterocycles. The SMILES string of the molecule is CCc1ccc(-c2nc3nc(OC)ccc3[nH]2)o1. The molecule has 3 rings (SSSR count). The lowest BCUT2D eigenvalue weighted by Crippen LogP contribution is -1.86. The van der Waals surface area contributed by atoms with Gasteiger partial charge in [-0.1, -0.05) is 6.92 Å². The lowest BCUT2D eigenvalue weighted by atomic mass is 10.3.